The largest absolute Gasteiger partial charge is 0.477 e. The molecule has 1 saturated carbocycles. The highest BCUT2D eigenvalue weighted by atomic mass is 16.4. The lowest BCUT2D eigenvalue weighted by atomic mass is 9.87. The molecule has 104 valence electrons. The van der Waals surface area contributed by atoms with Crippen LogP contribution in [0.4, 0.5) is 0 Å². The first kappa shape index (κ1) is 13.0. The van der Waals surface area contributed by atoms with E-state index in [2.05, 4.69) is 11.1 Å². The van der Waals surface area contributed by atoms with E-state index < -0.39 is 5.97 Å². The van der Waals surface area contributed by atoms with Gasteiger partial charge in [0, 0.05) is 5.56 Å². The van der Waals surface area contributed by atoms with Crippen molar-refractivity contribution >= 4 is 11.8 Å². The summed E-state index contributed by atoms with van der Waals surface area (Å²) in [7, 11) is 0. The van der Waals surface area contributed by atoms with Crippen LogP contribution < -0.4 is 0 Å². The van der Waals surface area contributed by atoms with Gasteiger partial charge in [0.15, 0.2) is 5.78 Å². The van der Waals surface area contributed by atoms with Gasteiger partial charge >= 0.3 is 5.97 Å². The number of ketones is 1. The van der Waals surface area contributed by atoms with Gasteiger partial charge in [-0.05, 0) is 49.3 Å². The quantitative estimate of drug-likeness (QED) is 0.839. The number of rotatable bonds is 2. The number of Topliss-reactive ketones (excluding diaryl/α,β-unsaturated/α-hetero) is 1. The number of nitrogens with zero attached hydrogens (tertiary/aromatic N) is 1. The second kappa shape index (κ2) is 5.19. The summed E-state index contributed by atoms with van der Waals surface area (Å²) in [5.74, 6) is -0.475. The molecule has 1 heterocycles. The predicted octanol–water partition coefficient (Wildman–Crippen LogP) is 3.03. The van der Waals surface area contributed by atoms with Crippen LogP contribution in [0.1, 0.15) is 58.6 Å². The van der Waals surface area contributed by atoms with Gasteiger partial charge in [0.05, 0.1) is 5.69 Å². The monoisotopic (exact) mass is 271 g/mol. The molecule has 0 atom stereocenters. The summed E-state index contributed by atoms with van der Waals surface area (Å²) in [5, 5.41) is 8.94. The van der Waals surface area contributed by atoms with E-state index >= 15 is 0 Å². The van der Waals surface area contributed by atoms with Gasteiger partial charge in [-0.15, -0.1) is 0 Å². The lowest BCUT2D eigenvalue weighted by Gasteiger charge is -2.18. The molecule has 1 fully saturated rings. The fourth-order valence-electron chi connectivity index (χ4n) is 3.12. The molecule has 0 radical (unpaired) electrons. The summed E-state index contributed by atoms with van der Waals surface area (Å²) in [5.41, 5.74) is 2.10. The molecule has 0 bridgehead atoms. The van der Waals surface area contributed by atoms with Gasteiger partial charge in [-0.2, -0.15) is 0 Å². The lowest BCUT2D eigenvalue weighted by Crippen LogP contribution is -2.18. The summed E-state index contributed by atoms with van der Waals surface area (Å²) in [4.78, 5) is 27.4. The van der Waals surface area contributed by atoms with Crippen LogP contribution in [0.5, 0.6) is 0 Å². The van der Waals surface area contributed by atoms with Crippen LogP contribution in [-0.4, -0.2) is 21.8 Å². The Morgan fingerprint density at radius 2 is 2.00 bits per heavy atom. The zero-order chi connectivity index (χ0) is 14.1. The average molecular weight is 271 g/mol. The van der Waals surface area contributed by atoms with E-state index in [-0.39, 0.29) is 11.5 Å². The van der Waals surface area contributed by atoms with Gasteiger partial charge in [-0.25, -0.2) is 9.78 Å². The Balaban J connectivity index is 1.89. The molecular weight excluding hydrogens is 254 g/mol. The SMILES string of the molecule is O=C(O)c1ccc2c(n1)CCC(=CC1CCCC1)C2=O. The molecule has 0 saturated heterocycles. The zero-order valence-electron chi connectivity index (χ0n) is 11.3. The highest BCUT2D eigenvalue weighted by Gasteiger charge is 2.25. The van der Waals surface area contributed by atoms with Gasteiger partial charge in [-0.1, -0.05) is 18.9 Å². The second-order valence-electron chi connectivity index (χ2n) is 5.56. The van der Waals surface area contributed by atoms with Gasteiger partial charge in [0.25, 0.3) is 0 Å². The number of carbonyl (C=O) groups excluding carboxylic acids is 1. The Hall–Kier alpha value is -1.97. The highest BCUT2D eigenvalue weighted by molar-refractivity contribution is 6.10. The third kappa shape index (κ3) is 2.38. The number of carbonyl (C=O) groups is 2. The standard InChI is InChI=1S/C16H17NO3/c18-15-11(9-10-3-1-2-4-10)5-7-13-12(15)6-8-14(17-13)16(19)20/h6,8-10H,1-5,7H2,(H,19,20). The number of aryl methyl sites for hydroxylation is 1. The molecular formula is C16H17NO3. The minimum Gasteiger partial charge on any atom is -0.477 e. The van der Waals surface area contributed by atoms with Crippen molar-refractivity contribution in [2.45, 2.75) is 38.5 Å². The summed E-state index contributed by atoms with van der Waals surface area (Å²) in [6.45, 7) is 0. The fraction of sp³-hybridized carbons (Fsp3) is 0.438. The second-order valence-corrected chi connectivity index (χ2v) is 5.56. The topological polar surface area (TPSA) is 67.3 Å². The van der Waals surface area contributed by atoms with Gasteiger partial charge in [0.2, 0.25) is 0 Å². The maximum atomic E-state index is 12.4. The Morgan fingerprint density at radius 1 is 1.25 bits per heavy atom. The summed E-state index contributed by atoms with van der Waals surface area (Å²) in [6.07, 6.45) is 8.34. The van der Waals surface area contributed by atoms with E-state index in [1.165, 1.54) is 31.7 Å². The molecule has 0 amide bonds. The third-order valence-corrected chi connectivity index (χ3v) is 4.20. The van der Waals surface area contributed by atoms with Crippen LogP contribution in [0.25, 0.3) is 0 Å². The molecule has 1 aromatic rings. The molecule has 0 aromatic carbocycles. The molecule has 0 unspecified atom stereocenters. The van der Waals surface area contributed by atoms with Crippen molar-refractivity contribution in [3.63, 3.8) is 0 Å². The number of fused-ring (bicyclic) bond motifs is 1. The summed E-state index contributed by atoms with van der Waals surface area (Å²) in [6, 6.07) is 3.02. The predicted molar refractivity (Wildman–Crippen MR) is 73.9 cm³/mol. The number of aromatic nitrogens is 1. The van der Waals surface area contributed by atoms with Gasteiger partial charge in [-0.3, -0.25) is 4.79 Å². The maximum Gasteiger partial charge on any atom is 0.354 e. The Kier molecular flexibility index (Phi) is 3.38. The van der Waals surface area contributed by atoms with Crippen LogP contribution in [0.3, 0.4) is 0 Å². The zero-order valence-corrected chi connectivity index (χ0v) is 11.3. The van der Waals surface area contributed by atoms with Crippen molar-refractivity contribution in [2.75, 3.05) is 0 Å². The van der Waals surface area contributed by atoms with Gasteiger partial charge in [0.1, 0.15) is 5.69 Å². The third-order valence-electron chi connectivity index (χ3n) is 4.20. The van der Waals surface area contributed by atoms with Crippen LogP contribution in [0.2, 0.25) is 0 Å². The fourth-order valence-corrected chi connectivity index (χ4v) is 3.12. The first-order valence-electron chi connectivity index (χ1n) is 7.14. The smallest absolute Gasteiger partial charge is 0.354 e. The number of carboxylic acids is 1. The van der Waals surface area contributed by atoms with E-state index in [0.29, 0.717) is 30.0 Å². The normalized spacial score (nSPS) is 21.2. The van der Waals surface area contributed by atoms with E-state index in [1.807, 2.05) is 0 Å². The van der Waals surface area contributed by atoms with Crippen molar-refractivity contribution in [1.82, 2.24) is 4.98 Å². The summed E-state index contributed by atoms with van der Waals surface area (Å²) >= 11 is 0. The van der Waals surface area contributed by atoms with Crippen molar-refractivity contribution in [1.29, 1.82) is 0 Å². The van der Waals surface area contributed by atoms with Crippen molar-refractivity contribution < 1.29 is 14.7 Å². The molecule has 1 N–H and O–H groups in total. The first-order valence-corrected chi connectivity index (χ1v) is 7.14. The van der Waals surface area contributed by atoms with E-state index in [9.17, 15) is 9.59 Å². The molecule has 4 nitrogen and oxygen atoms in total. The number of allylic oxidation sites excluding steroid dienone is 2. The molecule has 4 heteroatoms. The molecule has 1 aromatic heterocycles. The molecule has 0 aliphatic heterocycles. The van der Waals surface area contributed by atoms with E-state index in [1.54, 1.807) is 6.07 Å². The number of pyridine rings is 1. The van der Waals surface area contributed by atoms with Crippen molar-refractivity contribution in [3.05, 3.63) is 40.7 Å². The molecule has 3 rings (SSSR count). The average Bonchev–Trinajstić information content (AvgIpc) is 2.94. The van der Waals surface area contributed by atoms with Crippen LogP contribution in [-0.2, 0) is 6.42 Å². The number of aromatic carboxylic acids is 1. The van der Waals surface area contributed by atoms with E-state index in [4.69, 9.17) is 5.11 Å². The van der Waals surface area contributed by atoms with Crippen LogP contribution in [0, 0.1) is 5.92 Å². The van der Waals surface area contributed by atoms with Crippen molar-refractivity contribution in [2.24, 2.45) is 5.92 Å². The Morgan fingerprint density at radius 3 is 2.70 bits per heavy atom. The number of hydrogen-bond donors (Lipinski definition) is 1. The van der Waals surface area contributed by atoms with Crippen LogP contribution >= 0.6 is 0 Å². The summed E-state index contributed by atoms with van der Waals surface area (Å²) < 4.78 is 0. The molecule has 0 spiro atoms. The van der Waals surface area contributed by atoms with Gasteiger partial charge < -0.3 is 5.11 Å². The highest BCUT2D eigenvalue weighted by Crippen LogP contribution is 2.31. The minimum atomic E-state index is -1.05. The Labute approximate surface area is 117 Å². The lowest BCUT2D eigenvalue weighted by molar-refractivity contribution is 0.0689. The molecule has 20 heavy (non-hydrogen) atoms. The van der Waals surface area contributed by atoms with Crippen LogP contribution in [0.15, 0.2) is 23.8 Å². The maximum absolute atomic E-state index is 12.4. The Bertz CT molecular complexity index is 598. The van der Waals surface area contributed by atoms with Crippen molar-refractivity contribution in [3.8, 4) is 0 Å². The number of carboxylic acid groups (broad SMARTS) is 1. The minimum absolute atomic E-state index is 0.0137. The molecule has 2 aliphatic carbocycles. The van der Waals surface area contributed by atoms with E-state index in [0.717, 1.165) is 5.57 Å². The first-order chi connectivity index (χ1) is 9.65. The number of hydrogen-bond acceptors (Lipinski definition) is 3. The molecule has 2 aliphatic rings.